The minimum Gasteiger partial charge on any atom is -0.469 e. The van der Waals surface area contributed by atoms with Crippen molar-refractivity contribution >= 4 is 11.9 Å². The van der Waals surface area contributed by atoms with Gasteiger partial charge in [0.05, 0.1) is 25.7 Å². The zero-order valence-corrected chi connectivity index (χ0v) is 13.2. The van der Waals surface area contributed by atoms with E-state index in [0.29, 0.717) is 25.7 Å². The molecule has 2 atom stereocenters. The lowest BCUT2D eigenvalue weighted by Crippen LogP contribution is -2.41. The predicted molar refractivity (Wildman–Crippen MR) is 80.3 cm³/mol. The Kier molecular flexibility index (Phi) is 8.77. The number of aliphatic imine (C=N–C) groups is 1. The standard InChI is InChI=1S/C14H27N3O4/c1-11(13(18)19-3)9-17-14(15-2)16-6-4-7-21-12-5-8-20-10-12/h11-12H,4-10H2,1-3H3,(H2,15,16,17). The van der Waals surface area contributed by atoms with Gasteiger partial charge < -0.3 is 24.8 Å². The Bertz CT molecular complexity index is 330. The van der Waals surface area contributed by atoms with Gasteiger partial charge in [-0.2, -0.15) is 0 Å². The van der Waals surface area contributed by atoms with Crippen molar-refractivity contribution in [1.82, 2.24) is 10.6 Å². The molecular formula is C14H27N3O4. The summed E-state index contributed by atoms with van der Waals surface area (Å²) in [6.07, 6.45) is 2.13. The van der Waals surface area contributed by atoms with E-state index in [4.69, 9.17) is 9.47 Å². The molecule has 122 valence electrons. The summed E-state index contributed by atoms with van der Waals surface area (Å²) in [4.78, 5) is 15.4. The van der Waals surface area contributed by atoms with Crippen LogP contribution in [0.1, 0.15) is 19.8 Å². The summed E-state index contributed by atoms with van der Waals surface area (Å²) in [5.41, 5.74) is 0. The van der Waals surface area contributed by atoms with Crippen molar-refractivity contribution in [3.8, 4) is 0 Å². The van der Waals surface area contributed by atoms with Gasteiger partial charge in [0.2, 0.25) is 0 Å². The first-order chi connectivity index (χ1) is 10.2. The van der Waals surface area contributed by atoms with E-state index in [0.717, 1.165) is 26.0 Å². The molecule has 0 aromatic rings. The van der Waals surface area contributed by atoms with E-state index in [1.165, 1.54) is 7.11 Å². The largest absolute Gasteiger partial charge is 0.469 e. The maximum absolute atomic E-state index is 11.3. The van der Waals surface area contributed by atoms with Gasteiger partial charge in [0.1, 0.15) is 0 Å². The Balaban J connectivity index is 2.06. The summed E-state index contributed by atoms with van der Waals surface area (Å²) in [5.74, 6) is 0.235. The van der Waals surface area contributed by atoms with Crippen LogP contribution in [0, 0.1) is 5.92 Å². The Labute approximate surface area is 126 Å². The molecule has 0 aromatic carbocycles. The first-order valence-electron chi connectivity index (χ1n) is 7.39. The summed E-state index contributed by atoms with van der Waals surface area (Å²) in [6, 6.07) is 0. The van der Waals surface area contributed by atoms with Crippen molar-refractivity contribution in [2.75, 3.05) is 47.1 Å². The minimum absolute atomic E-state index is 0.209. The second-order valence-corrected chi connectivity index (χ2v) is 5.01. The molecule has 1 saturated heterocycles. The van der Waals surface area contributed by atoms with Crippen LogP contribution in [-0.2, 0) is 19.0 Å². The smallest absolute Gasteiger partial charge is 0.310 e. The fraction of sp³-hybridized carbons (Fsp3) is 0.857. The number of guanidine groups is 1. The van der Waals surface area contributed by atoms with Crippen LogP contribution in [0.5, 0.6) is 0 Å². The van der Waals surface area contributed by atoms with Crippen molar-refractivity contribution in [3.05, 3.63) is 0 Å². The number of carbonyl (C=O) groups is 1. The summed E-state index contributed by atoms with van der Waals surface area (Å²) in [7, 11) is 3.09. The fourth-order valence-electron chi connectivity index (χ4n) is 1.93. The van der Waals surface area contributed by atoms with Crippen LogP contribution >= 0.6 is 0 Å². The van der Waals surface area contributed by atoms with E-state index < -0.39 is 0 Å². The summed E-state index contributed by atoms with van der Waals surface area (Å²) < 4.78 is 15.6. The third-order valence-corrected chi connectivity index (χ3v) is 3.26. The van der Waals surface area contributed by atoms with E-state index in [-0.39, 0.29) is 18.0 Å². The molecule has 7 heteroatoms. The molecule has 0 aromatic heterocycles. The first kappa shape index (κ1) is 17.7. The molecule has 0 saturated carbocycles. The SMILES string of the molecule is CN=C(NCCCOC1CCOC1)NCC(C)C(=O)OC. The quantitative estimate of drug-likeness (QED) is 0.288. The van der Waals surface area contributed by atoms with E-state index in [1.54, 1.807) is 7.05 Å². The molecule has 1 fully saturated rings. The molecule has 7 nitrogen and oxygen atoms in total. The zero-order chi connectivity index (χ0) is 15.5. The van der Waals surface area contributed by atoms with Gasteiger partial charge in [-0.3, -0.25) is 9.79 Å². The molecule has 2 unspecified atom stereocenters. The number of rotatable bonds is 8. The van der Waals surface area contributed by atoms with E-state index in [2.05, 4.69) is 20.4 Å². The second-order valence-electron chi connectivity index (χ2n) is 5.01. The lowest BCUT2D eigenvalue weighted by atomic mass is 10.2. The second kappa shape index (κ2) is 10.4. The van der Waals surface area contributed by atoms with Crippen LogP contribution in [0.3, 0.4) is 0 Å². The van der Waals surface area contributed by atoms with Gasteiger partial charge in [-0.05, 0) is 12.8 Å². The molecule has 0 amide bonds. The summed E-state index contributed by atoms with van der Waals surface area (Å²) in [5, 5.41) is 6.28. The van der Waals surface area contributed by atoms with Gasteiger partial charge in [0.15, 0.2) is 5.96 Å². The van der Waals surface area contributed by atoms with Gasteiger partial charge in [0.25, 0.3) is 0 Å². The Morgan fingerprint density at radius 1 is 1.48 bits per heavy atom. The Morgan fingerprint density at radius 3 is 2.90 bits per heavy atom. The molecule has 0 radical (unpaired) electrons. The Hall–Kier alpha value is -1.34. The molecule has 0 spiro atoms. The van der Waals surface area contributed by atoms with Gasteiger partial charge in [-0.1, -0.05) is 6.92 Å². The first-order valence-corrected chi connectivity index (χ1v) is 7.39. The van der Waals surface area contributed by atoms with Crippen LogP contribution in [0.25, 0.3) is 0 Å². The molecule has 1 rings (SSSR count). The van der Waals surface area contributed by atoms with Crippen LogP contribution in [0.4, 0.5) is 0 Å². The Morgan fingerprint density at radius 2 is 2.29 bits per heavy atom. The molecule has 21 heavy (non-hydrogen) atoms. The fourth-order valence-corrected chi connectivity index (χ4v) is 1.93. The molecule has 1 aliphatic rings. The number of hydrogen-bond acceptors (Lipinski definition) is 5. The molecular weight excluding hydrogens is 274 g/mol. The number of methoxy groups -OCH3 is 1. The molecule has 1 aliphatic heterocycles. The minimum atomic E-state index is -0.231. The van der Waals surface area contributed by atoms with E-state index in [9.17, 15) is 4.79 Å². The van der Waals surface area contributed by atoms with E-state index >= 15 is 0 Å². The van der Waals surface area contributed by atoms with Crippen molar-refractivity contribution in [3.63, 3.8) is 0 Å². The third kappa shape index (κ3) is 7.29. The van der Waals surface area contributed by atoms with Gasteiger partial charge in [-0.15, -0.1) is 0 Å². The normalized spacial score (nSPS) is 20.1. The number of nitrogens with zero attached hydrogens (tertiary/aromatic N) is 1. The lowest BCUT2D eigenvalue weighted by Gasteiger charge is -2.15. The topological polar surface area (TPSA) is 81.2 Å². The van der Waals surface area contributed by atoms with Crippen LogP contribution < -0.4 is 10.6 Å². The molecule has 2 N–H and O–H groups in total. The number of nitrogens with one attached hydrogen (secondary N) is 2. The number of carbonyl (C=O) groups excluding carboxylic acids is 1. The summed E-state index contributed by atoms with van der Waals surface area (Å²) in [6.45, 7) is 5.28. The monoisotopic (exact) mass is 301 g/mol. The van der Waals surface area contributed by atoms with Crippen molar-refractivity contribution in [2.45, 2.75) is 25.9 Å². The molecule has 0 bridgehead atoms. The average Bonchev–Trinajstić information content (AvgIpc) is 3.02. The van der Waals surface area contributed by atoms with Crippen molar-refractivity contribution < 1.29 is 19.0 Å². The van der Waals surface area contributed by atoms with Gasteiger partial charge >= 0.3 is 5.97 Å². The maximum Gasteiger partial charge on any atom is 0.310 e. The predicted octanol–water partition coefficient (Wildman–Crippen LogP) is 0.156. The highest BCUT2D eigenvalue weighted by Crippen LogP contribution is 2.07. The van der Waals surface area contributed by atoms with Crippen LogP contribution in [0.2, 0.25) is 0 Å². The van der Waals surface area contributed by atoms with Crippen LogP contribution in [-0.4, -0.2) is 65.1 Å². The molecule has 1 heterocycles. The average molecular weight is 301 g/mol. The zero-order valence-electron chi connectivity index (χ0n) is 13.2. The van der Waals surface area contributed by atoms with Gasteiger partial charge in [-0.25, -0.2) is 0 Å². The highest BCUT2D eigenvalue weighted by atomic mass is 16.5. The lowest BCUT2D eigenvalue weighted by molar-refractivity contribution is -0.144. The highest BCUT2D eigenvalue weighted by Gasteiger charge is 2.15. The van der Waals surface area contributed by atoms with Crippen molar-refractivity contribution in [1.29, 1.82) is 0 Å². The molecule has 0 aliphatic carbocycles. The van der Waals surface area contributed by atoms with Gasteiger partial charge in [0, 0.05) is 33.4 Å². The maximum atomic E-state index is 11.3. The highest BCUT2D eigenvalue weighted by molar-refractivity contribution is 5.80. The number of ether oxygens (including phenoxy) is 3. The van der Waals surface area contributed by atoms with Crippen LogP contribution in [0.15, 0.2) is 4.99 Å². The van der Waals surface area contributed by atoms with Crippen molar-refractivity contribution in [2.24, 2.45) is 10.9 Å². The third-order valence-electron chi connectivity index (χ3n) is 3.26. The van der Waals surface area contributed by atoms with E-state index in [1.807, 2.05) is 6.92 Å². The number of hydrogen-bond donors (Lipinski definition) is 2. The summed E-state index contributed by atoms with van der Waals surface area (Å²) >= 11 is 0. The number of esters is 1.